The highest BCUT2D eigenvalue weighted by Crippen LogP contribution is 2.23. The first-order valence-electron chi connectivity index (χ1n) is 5.30. The maximum Gasteiger partial charge on any atom is 0.225 e. The van der Waals surface area contributed by atoms with Crippen LogP contribution in [0.3, 0.4) is 0 Å². The minimum absolute atomic E-state index is 0.273. The van der Waals surface area contributed by atoms with Crippen molar-refractivity contribution in [3.63, 3.8) is 0 Å². The van der Waals surface area contributed by atoms with Gasteiger partial charge in [0.05, 0.1) is 0 Å². The first kappa shape index (κ1) is 9.00. The second kappa shape index (κ2) is 3.66. The molecular formula is C10H18N2O. The highest BCUT2D eigenvalue weighted by Gasteiger charge is 2.33. The van der Waals surface area contributed by atoms with Crippen LogP contribution in [0.15, 0.2) is 0 Å². The van der Waals surface area contributed by atoms with Crippen molar-refractivity contribution >= 4 is 5.91 Å². The van der Waals surface area contributed by atoms with Crippen molar-refractivity contribution < 1.29 is 4.79 Å². The summed E-state index contributed by atoms with van der Waals surface area (Å²) in [6.07, 6.45) is 3.33. The molecule has 0 radical (unpaired) electrons. The first-order chi connectivity index (χ1) is 6.29. The zero-order valence-corrected chi connectivity index (χ0v) is 8.25. The summed E-state index contributed by atoms with van der Waals surface area (Å²) in [4.78, 5) is 13.8. The lowest BCUT2D eigenvalue weighted by atomic mass is 10.1. The quantitative estimate of drug-likeness (QED) is 0.644. The van der Waals surface area contributed by atoms with Crippen LogP contribution >= 0.6 is 0 Å². The highest BCUT2D eigenvalue weighted by atomic mass is 16.2. The number of likely N-dealkylation sites (tertiary alicyclic amines) is 1. The molecule has 1 amide bonds. The predicted octanol–water partition coefficient (Wildman–Crippen LogP) is 0.607. The molecule has 2 fully saturated rings. The number of amides is 1. The van der Waals surface area contributed by atoms with Gasteiger partial charge in [-0.2, -0.15) is 0 Å². The Bertz CT molecular complexity index is 199. The number of hydrogen-bond donors (Lipinski definition) is 1. The summed E-state index contributed by atoms with van der Waals surface area (Å²) in [6.45, 7) is 5.18. The second-order valence-electron chi connectivity index (χ2n) is 4.20. The van der Waals surface area contributed by atoms with E-state index in [1.165, 1.54) is 0 Å². The lowest BCUT2D eigenvalue weighted by Gasteiger charge is -2.31. The van der Waals surface area contributed by atoms with Crippen molar-refractivity contribution in [3.8, 4) is 0 Å². The Morgan fingerprint density at radius 3 is 2.54 bits per heavy atom. The van der Waals surface area contributed by atoms with E-state index in [4.69, 9.17) is 0 Å². The van der Waals surface area contributed by atoms with Crippen LogP contribution < -0.4 is 5.32 Å². The van der Waals surface area contributed by atoms with E-state index in [-0.39, 0.29) is 5.92 Å². The molecular weight excluding hydrogens is 164 g/mol. The van der Waals surface area contributed by atoms with Crippen LogP contribution in [0, 0.1) is 5.92 Å². The summed E-state index contributed by atoms with van der Waals surface area (Å²) in [5.74, 6) is 0.654. The van der Waals surface area contributed by atoms with Gasteiger partial charge in [0.15, 0.2) is 0 Å². The fraction of sp³-hybridized carbons (Fsp3) is 0.900. The monoisotopic (exact) mass is 182 g/mol. The Morgan fingerprint density at radius 1 is 1.31 bits per heavy atom. The average molecular weight is 182 g/mol. The fourth-order valence-electron chi connectivity index (χ4n) is 2.33. The molecule has 0 aromatic rings. The molecule has 1 N–H and O–H groups in total. The molecule has 0 aromatic carbocycles. The third-order valence-electron chi connectivity index (χ3n) is 3.26. The zero-order valence-electron chi connectivity index (χ0n) is 8.25. The maximum absolute atomic E-state index is 11.7. The van der Waals surface area contributed by atoms with Gasteiger partial charge in [-0.15, -0.1) is 0 Å². The molecule has 2 aliphatic heterocycles. The van der Waals surface area contributed by atoms with Crippen LogP contribution in [-0.2, 0) is 4.79 Å². The van der Waals surface area contributed by atoms with Gasteiger partial charge in [0.1, 0.15) is 0 Å². The number of hydrogen-bond acceptors (Lipinski definition) is 2. The number of nitrogens with one attached hydrogen (secondary N) is 1. The second-order valence-corrected chi connectivity index (χ2v) is 4.20. The van der Waals surface area contributed by atoms with E-state index in [2.05, 4.69) is 10.2 Å². The van der Waals surface area contributed by atoms with Gasteiger partial charge in [0.25, 0.3) is 0 Å². The number of carbonyl (C=O) groups excluding carboxylic acids is 1. The van der Waals surface area contributed by atoms with Crippen molar-refractivity contribution in [2.45, 2.75) is 32.2 Å². The summed E-state index contributed by atoms with van der Waals surface area (Å²) in [7, 11) is 0. The molecule has 0 aliphatic carbocycles. The average Bonchev–Trinajstić information content (AvgIpc) is 2.49. The molecule has 2 rings (SSSR count). The Balaban J connectivity index is 1.96. The van der Waals surface area contributed by atoms with E-state index >= 15 is 0 Å². The van der Waals surface area contributed by atoms with E-state index in [9.17, 15) is 4.79 Å². The molecule has 0 spiro atoms. The summed E-state index contributed by atoms with van der Waals surface area (Å²) in [5, 5.41) is 3.33. The molecule has 3 nitrogen and oxygen atoms in total. The predicted molar refractivity (Wildman–Crippen MR) is 51.4 cm³/mol. The Hall–Kier alpha value is -0.570. The molecule has 13 heavy (non-hydrogen) atoms. The van der Waals surface area contributed by atoms with E-state index in [1.807, 2.05) is 6.92 Å². The molecule has 2 aliphatic rings. The van der Waals surface area contributed by atoms with Crippen LogP contribution in [0.1, 0.15) is 26.2 Å². The highest BCUT2D eigenvalue weighted by molar-refractivity contribution is 5.80. The third kappa shape index (κ3) is 1.70. The topological polar surface area (TPSA) is 32.3 Å². The van der Waals surface area contributed by atoms with Gasteiger partial charge in [-0.05, 0) is 32.4 Å². The molecule has 2 saturated heterocycles. The van der Waals surface area contributed by atoms with Crippen LogP contribution in [0.5, 0.6) is 0 Å². The van der Waals surface area contributed by atoms with Crippen LogP contribution in [0.2, 0.25) is 0 Å². The van der Waals surface area contributed by atoms with Crippen molar-refractivity contribution in [2.75, 3.05) is 19.6 Å². The third-order valence-corrected chi connectivity index (χ3v) is 3.26. The van der Waals surface area contributed by atoms with Gasteiger partial charge in [0.2, 0.25) is 5.91 Å². The van der Waals surface area contributed by atoms with Crippen molar-refractivity contribution in [2.24, 2.45) is 5.92 Å². The number of nitrogens with zero attached hydrogens (tertiary/aromatic N) is 1. The summed E-state index contributed by atoms with van der Waals surface area (Å²) < 4.78 is 0. The largest absolute Gasteiger partial charge is 0.339 e. The minimum atomic E-state index is 0.273. The smallest absolute Gasteiger partial charge is 0.225 e. The molecule has 3 heteroatoms. The first-order valence-corrected chi connectivity index (χ1v) is 5.30. The zero-order chi connectivity index (χ0) is 9.26. The summed E-state index contributed by atoms with van der Waals surface area (Å²) in [5.41, 5.74) is 0. The van der Waals surface area contributed by atoms with E-state index < -0.39 is 0 Å². The Morgan fingerprint density at radius 2 is 2.00 bits per heavy atom. The molecule has 74 valence electrons. The summed E-state index contributed by atoms with van der Waals surface area (Å²) >= 11 is 0. The normalized spacial score (nSPS) is 31.3. The maximum atomic E-state index is 11.7. The van der Waals surface area contributed by atoms with Crippen LogP contribution in [0.4, 0.5) is 0 Å². The lowest BCUT2D eigenvalue weighted by molar-refractivity contribution is -0.132. The SMILES string of the molecule is CC1CCN(C2CCNCC2)C1=O. The van der Waals surface area contributed by atoms with Gasteiger partial charge in [-0.25, -0.2) is 0 Å². The van der Waals surface area contributed by atoms with Gasteiger partial charge in [-0.1, -0.05) is 6.92 Å². The number of carbonyl (C=O) groups is 1. The van der Waals surface area contributed by atoms with Gasteiger partial charge < -0.3 is 10.2 Å². The summed E-state index contributed by atoms with van der Waals surface area (Å²) in [6, 6.07) is 0.527. The standard InChI is InChI=1S/C10H18N2O/c1-8-4-7-12(10(8)13)9-2-5-11-6-3-9/h8-9,11H,2-7H2,1H3. The van der Waals surface area contributed by atoms with E-state index in [0.717, 1.165) is 38.9 Å². The molecule has 2 heterocycles. The molecule has 1 atom stereocenters. The van der Waals surface area contributed by atoms with Crippen LogP contribution in [-0.4, -0.2) is 36.5 Å². The fourth-order valence-corrected chi connectivity index (χ4v) is 2.33. The number of piperidine rings is 1. The molecule has 1 unspecified atom stereocenters. The van der Waals surface area contributed by atoms with Crippen molar-refractivity contribution in [3.05, 3.63) is 0 Å². The molecule has 0 bridgehead atoms. The molecule has 0 aromatic heterocycles. The minimum Gasteiger partial charge on any atom is -0.339 e. The van der Waals surface area contributed by atoms with E-state index in [0.29, 0.717) is 11.9 Å². The Labute approximate surface area is 79.5 Å². The van der Waals surface area contributed by atoms with Crippen LogP contribution in [0.25, 0.3) is 0 Å². The lowest BCUT2D eigenvalue weighted by Crippen LogP contribution is -2.44. The van der Waals surface area contributed by atoms with Gasteiger partial charge in [0, 0.05) is 18.5 Å². The van der Waals surface area contributed by atoms with Crippen molar-refractivity contribution in [1.82, 2.24) is 10.2 Å². The van der Waals surface area contributed by atoms with Gasteiger partial charge in [-0.3, -0.25) is 4.79 Å². The van der Waals surface area contributed by atoms with Crippen molar-refractivity contribution in [1.29, 1.82) is 0 Å². The number of rotatable bonds is 1. The Kier molecular flexibility index (Phi) is 2.54. The van der Waals surface area contributed by atoms with Gasteiger partial charge >= 0.3 is 0 Å². The molecule has 0 saturated carbocycles. The van der Waals surface area contributed by atoms with E-state index in [1.54, 1.807) is 0 Å².